The summed E-state index contributed by atoms with van der Waals surface area (Å²) in [5, 5.41) is 18.9. The summed E-state index contributed by atoms with van der Waals surface area (Å²) in [6.45, 7) is 5.12. The smallest absolute Gasteiger partial charge is 0.289 e. The third kappa shape index (κ3) is 17.0. The Morgan fingerprint density at radius 1 is 0.897 bits per heavy atom. The Kier molecular flexibility index (Phi) is 19.8. The quantitative estimate of drug-likeness (QED) is 0.0611. The lowest BCUT2D eigenvalue weighted by Crippen LogP contribution is -2.52. The van der Waals surface area contributed by atoms with Crippen LogP contribution in [0.25, 0.3) is 0 Å². The molecule has 39 heavy (non-hydrogen) atoms. The number of hydrogen-bond donors (Lipinski definition) is 4. The second kappa shape index (κ2) is 22.4. The first-order chi connectivity index (χ1) is 18.9. The molecule has 0 saturated carbocycles. The summed E-state index contributed by atoms with van der Waals surface area (Å²) in [4.78, 5) is 36.5. The zero-order valence-electron chi connectivity index (χ0n) is 24.1. The lowest BCUT2D eigenvalue weighted by molar-refractivity contribution is -0.166. The molecular weight excluding hydrogens is 516 g/mol. The largest absolute Gasteiger partial charge is 0.494 e. The van der Waals surface area contributed by atoms with Crippen molar-refractivity contribution >= 4 is 35.2 Å². The molecule has 1 aromatic carbocycles. The second-order valence-corrected chi connectivity index (χ2v) is 10.5. The fourth-order valence-corrected chi connectivity index (χ4v) is 4.31. The van der Waals surface area contributed by atoms with E-state index >= 15 is 0 Å². The lowest BCUT2D eigenvalue weighted by atomic mass is 10.1. The Morgan fingerprint density at radius 2 is 1.51 bits per heavy atom. The van der Waals surface area contributed by atoms with Gasteiger partial charge in [0.25, 0.3) is 5.91 Å². The van der Waals surface area contributed by atoms with Crippen LogP contribution < -0.4 is 20.7 Å². The van der Waals surface area contributed by atoms with Gasteiger partial charge < -0.3 is 20.7 Å². The van der Waals surface area contributed by atoms with E-state index in [9.17, 15) is 19.6 Å². The Labute approximate surface area is 239 Å². The predicted octanol–water partition coefficient (Wildman–Crippen LogP) is 5.34. The zero-order valence-corrected chi connectivity index (χ0v) is 25.0. The molecule has 222 valence electrons. The fraction of sp³-hybridized carbons (Fsp3) is 0.690. The van der Waals surface area contributed by atoms with E-state index < -0.39 is 12.1 Å². The number of nitrogens with zero attached hydrogens (tertiary/aromatic N) is 1. The van der Waals surface area contributed by atoms with Gasteiger partial charge in [0, 0.05) is 25.2 Å². The summed E-state index contributed by atoms with van der Waals surface area (Å²) in [5.41, 5.74) is 0.584. The van der Waals surface area contributed by atoms with E-state index in [4.69, 9.17) is 4.74 Å². The van der Waals surface area contributed by atoms with Gasteiger partial charge in [-0.05, 0) is 50.3 Å². The molecule has 1 rings (SSSR count). The number of hydroxylamine groups is 2. The molecule has 0 bridgehead atoms. The molecule has 0 fully saturated rings. The maximum atomic E-state index is 12.4. The van der Waals surface area contributed by atoms with Crippen molar-refractivity contribution < 1.29 is 24.3 Å². The minimum absolute atomic E-state index is 0.0540. The van der Waals surface area contributed by atoms with Crippen molar-refractivity contribution in [1.29, 1.82) is 0 Å². The number of anilines is 1. The van der Waals surface area contributed by atoms with Crippen molar-refractivity contribution in [3.63, 3.8) is 0 Å². The third-order valence-corrected chi connectivity index (χ3v) is 6.77. The van der Waals surface area contributed by atoms with Crippen LogP contribution in [-0.4, -0.2) is 65.9 Å². The second-order valence-electron chi connectivity index (χ2n) is 9.64. The number of likely N-dealkylation sites (N-methyl/N-ethyl adjacent to an activating group) is 1. The SMILES string of the molecule is CCCCCCCCCCCCNC(=O)CCCOc1ccc(NC(NC(=O)CSC)C(=O)N(O)CC)cc1. The van der Waals surface area contributed by atoms with Crippen LogP contribution in [-0.2, 0) is 14.4 Å². The third-order valence-electron chi connectivity index (χ3n) is 6.22. The molecule has 0 radical (unpaired) electrons. The highest BCUT2D eigenvalue weighted by molar-refractivity contribution is 7.99. The van der Waals surface area contributed by atoms with E-state index in [-0.39, 0.29) is 24.1 Å². The number of rotatable bonds is 23. The van der Waals surface area contributed by atoms with E-state index in [0.29, 0.717) is 35.9 Å². The molecule has 0 saturated heterocycles. The summed E-state index contributed by atoms with van der Waals surface area (Å²) in [5.74, 6) is -0.0760. The highest BCUT2D eigenvalue weighted by atomic mass is 32.2. The Morgan fingerprint density at radius 3 is 2.10 bits per heavy atom. The summed E-state index contributed by atoms with van der Waals surface area (Å²) in [6, 6.07) is 6.94. The van der Waals surface area contributed by atoms with Gasteiger partial charge in [-0.2, -0.15) is 11.8 Å². The molecule has 0 spiro atoms. The van der Waals surface area contributed by atoms with Gasteiger partial charge in [-0.15, -0.1) is 0 Å². The first-order valence-electron chi connectivity index (χ1n) is 14.5. The zero-order chi connectivity index (χ0) is 28.7. The van der Waals surface area contributed by atoms with E-state index in [0.717, 1.165) is 13.0 Å². The number of hydrogen-bond acceptors (Lipinski definition) is 7. The fourth-order valence-electron chi connectivity index (χ4n) is 3.96. The first kappa shape index (κ1) is 34.6. The Bertz CT molecular complexity index is 809. The van der Waals surface area contributed by atoms with Crippen molar-refractivity contribution in [3.8, 4) is 5.75 Å². The molecule has 10 heteroatoms. The topological polar surface area (TPSA) is 120 Å². The summed E-state index contributed by atoms with van der Waals surface area (Å²) < 4.78 is 5.73. The Hall–Kier alpha value is -2.46. The van der Waals surface area contributed by atoms with E-state index in [1.807, 2.05) is 0 Å². The van der Waals surface area contributed by atoms with Gasteiger partial charge in [0.1, 0.15) is 5.75 Å². The van der Waals surface area contributed by atoms with Crippen LogP contribution in [0, 0.1) is 0 Å². The summed E-state index contributed by atoms with van der Waals surface area (Å²) >= 11 is 1.34. The molecule has 3 amide bonds. The molecule has 0 aliphatic heterocycles. The molecule has 1 atom stereocenters. The van der Waals surface area contributed by atoms with Crippen LogP contribution in [0.15, 0.2) is 24.3 Å². The number of unbranched alkanes of at least 4 members (excludes halogenated alkanes) is 9. The van der Waals surface area contributed by atoms with Crippen molar-refractivity contribution in [1.82, 2.24) is 15.7 Å². The average molecular weight is 567 g/mol. The molecule has 1 aromatic rings. The Balaban J connectivity index is 2.24. The van der Waals surface area contributed by atoms with Gasteiger partial charge in [0.2, 0.25) is 11.8 Å². The number of thioether (sulfide) groups is 1. The molecule has 4 N–H and O–H groups in total. The van der Waals surface area contributed by atoms with Crippen LogP contribution in [0.3, 0.4) is 0 Å². The first-order valence-corrected chi connectivity index (χ1v) is 15.8. The van der Waals surface area contributed by atoms with Crippen LogP contribution in [0.1, 0.15) is 90.9 Å². The number of carbonyl (C=O) groups is 3. The number of benzene rings is 1. The van der Waals surface area contributed by atoms with Gasteiger partial charge >= 0.3 is 0 Å². The van der Waals surface area contributed by atoms with Gasteiger partial charge in [0.05, 0.1) is 12.4 Å². The number of ether oxygens (including phenoxy) is 1. The van der Waals surface area contributed by atoms with Gasteiger partial charge in [0.15, 0.2) is 6.17 Å². The molecule has 0 heterocycles. The van der Waals surface area contributed by atoms with Crippen LogP contribution in [0.2, 0.25) is 0 Å². The predicted molar refractivity (Wildman–Crippen MR) is 159 cm³/mol. The number of carbonyl (C=O) groups excluding carboxylic acids is 3. The van der Waals surface area contributed by atoms with Crippen molar-refractivity contribution in [2.45, 2.75) is 97.1 Å². The molecular formula is C29H50N4O5S. The minimum atomic E-state index is -1.10. The maximum absolute atomic E-state index is 12.4. The minimum Gasteiger partial charge on any atom is -0.494 e. The van der Waals surface area contributed by atoms with E-state index in [1.165, 1.54) is 69.5 Å². The van der Waals surface area contributed by atoms with E-state index in [1.54, 1.807) is 37.4 Å². The molecule has 0 aliphatic rings. The monoisotopic (exact) mass is 566 g/mol. The van der Waals surface area contributed by atoms with Crippen molar-refractivity contribution in [3.05, 3.63) is 24.3 Å². The van der Waals surface area contributed by atoms with Crippen molar-refractivity contribution in [2.75, 3.05) is 37.0 Å². The average Bonchev–Trinajstić information content (AvgIpc) is 2.93. The number of nitrogens with one attached hydrogen (secondary N) is 3. The van der Waals surface area contributed by atoms with Gasteiger partial charge in [-0.3, -0.25) is 19.6 Å². The summed E-state index contributed by atoms with van der Waals surface area (Å²) in [6.07, 6.45) is 14.5. The van der Waals surface area contributed by atoms with Gasteiger partial charge in [-0.1, -0.05) is 64.7 Å². The molecule has 0 aromatic heterocycles. The highest BCUT2D eigenvalue weighted by Crippen LogP contribution is 2.17. The van der Waals surface area contributed by atoms with Crippen LogP contribution >= 0.6 is 11.8 Å². The molecule has 1 unspecified atom stereocenters. The maximum Gasteiger partial charge on any atom is 0.289 e. The molecule has 0 aliphatic carbocycles. The van der Waals surface area contributed by atoms with E-state index in [2.05, 4.69) is 22.9 Å². The van der Waals surface area contributed by atoms with Gasteiger partial charge in [-0.25, -0.2) is 5.06 Å². The lowest BCUT2D eigenvalue weighted by Gasteiger charge is -2.24. The molecule has 9 nitrogen and oxygen atoms in total. The normalized spacial score (nSPS) is 11.5. The standard InChI is InChI=1S/C29H50N4O5S/c1-4-6-7-8-9-10-11-12-13-14-21-30-26(34)16-15-22-38-25-19-17-24(18-20-25)31-28(29(36)33(37)5-2)32-27(35)23-39-3/h17-20,28,31,37H,4-16,21-23H2,1-3H3,(H,30,34)(H,32,35). The van der Waals surface area contributed by atoms with Crippen LogP contribution in [0.5, 0.6) is 5.75 Å². The van der Waals surface area contributed by atoms with Crippen LogP contribution in [0.4, 0.5) is 5.69 Å². The van der Waals surface area contributed by atoms with Crippen molar-refractivity contribution in [2.24, 2.45) is 0 Å². The highest BCUT2D eigenvalue weighted by Gasteiger charge is 2.24. The number of amides is 3. The summed E-state index contributed by atoms with van der Waals surface area (Å²) in [7, 11) is 0.